The third-order valence-electron chi connectivity index (χ3n) is 13.2. The molecule has 0 unspecified atom stereocenters. The maximum absolute atomic E-state index is 6.39. The van der Waals surface area contributed by atoms with Crippen molar-refractivity contribution in [3.8, 4) is 11.5 Å². The van der Waals surface area contributed by atoms with Gasteiger partial charge in [-0.2, -0.15) is 0 Å². The number of rotatable bonds is 14. The lowest BCUT2D eigenvalue weighted by molar-refractivity contribution is 0.0157. The first kappa shape index (κ1) is 36.8. The van der Waals surface area contributed by atoms with Crippen LogP contribution in [0, 0.1) is 17.8 Å². The maximum atomic E-state index is 6.39. The molecular weight excluding hydrogens is 703 g/mol. The Bertz CT molecular complexity index is 2200. The minimum Gasteiger partial charge on any atom is -0.497 e. The number of aryl methyl sites for hydroxylation is 1. The van der Waals surface area contributed by atoms with Crippen molar-refractivity contribution in [2.75, 3.05) is 32.6 Å². The van der Waals surface area contributed by atoms with Crippen LogP contribution in [-0.2, 0) is 27.9 Å². The number of imidazole rings is 1. The average molecular weight is 760 g/mol. The molecule has 0 bridgehead atoms. The minimum atomic E-state index is -0.110. The van der Waals surface area contributed by atoms with E-state index in [1.165, 1.54) is 50.6 Å². The zero-order valence-electron chi connectivity index (χ0n) is 33.6. The van der Waals surface area contributed by atoms with Crippen LogP contribution in [0.25, 0.3) is 22.1 Å². The number of methoxy groups -OCH3 is 2. The molecule has 4 atom stereocenters. The van der Waals surface area contributed by atoms with Crippen molar-refractivity contribution in [2.24, 2.45) is 17.8 Å². The number of nitrogens with zero attached hydrogens (tertiary/aromatic N) is 5. The van der Waals surface area contributed by atoms with Crippen LogP contribution in [0.4, 0.5) is 5.82 Å². The van der Waals surface area contributed by atoms with Gasteiger partial charge in [-0.1, -0.05) is 33.3 Å². The van der Waals surface area contributed by atoms with Crippen LogP contribution >= 0.6 is 0 Å². The Labute approximate surface area is 330 Å². The van der Waals surface area contributed by atoms with Gasteiger partial charge in [0.1, 0.15) is 41.2 Å². The van der Waals surface area contributed by atoms with E-state index < -0.39 is 0 Å². The highest BCUT2D eigenvalue weighted by atomic mass is 16.7. The second kappa shape index (κ2) is 15.0. The van der Waals surface area contributed by atoms with Crippen LogP contribution in [0.3, 0.4) is 0 Å². The molecule has 2 aromatic carbocycles. The molecule has 0 radical (unpaired) electrons. The largest absolute Gasteiger partial charge is 0.497 e. The van der Waals surface area contributed by atoms with Crippen molar-refractivity contribution in [3.63, 3.8) is 0 Å². The van der Waals surface area contributed by atoms with Crippen molar-refractivity contribution < 1.29 is 18.9 Å². The lowest BCUT2D eigenvalue weighted by Gasteiger charge is -2.46. The molecule has 5 aromatic rings. The molecule has 1 saturated heterocycles. The van der Waals surface area contributed by atoms with Crippen LogP contribution in [0.15, 0.2) is 67.5 Å². The lowest BCUT2D eigenvalue weighted by atomic mass is 9.75. The van der Waals surface area contributed by atoms with Gasteiger partial charge < -0.3 is 33.8 Å². The number of H-pyrrole nitrogens is 1. The van der Waals surface area contributed by atoms with Gasteiger partial charge >= 0.3 is 0 Å². The number of hydrogen-bond acceptors (Lipinski definition) is 9. The fraction of sp³-hybridized carbons (Fsp3) is 0.533. The van der Waals surface area contributed by atoms with Gasteiger partial charge in [0.25, 0.3) is 5.95 Å². The lowest BCUT2D eigenvalue weighted by Crippen LogP contribution is -2.50. The molecule has 11 nitrogen and oxygen atoms in total. The Morgan fingerprint density at radius 3 is 2.57 bits per heavy atom. The molecule has 9 rings (SSSR count). The summed E-state index contributed by atoms with van der Waals surface area (Å²) in [6.07, 6.45) is 13.4. The van der Waals surface area contributed by atoms with Gasteiger partial charge in [0.05, 0.1) is 36.7 Å². The Morgan fingerprint density at radius 1 is 0.964 bits per heavy atom. The summed E-state index contributed by atoms with van der Waals surface area (Å²) in [6, 6.07) is 15.3. The first-order valence-corrected chi connectivity index (χ1v) is 20.6. The van der Waals surface area contributed by atoms with Crippen LogP contribution in [0.5, 0.6) is 11.5 Å². The summed E-state index contributed by atoms with van der Waals surface area (Å²) in [5.41, 5.74) is 5.60. The third-order valence-corrected chi connectivity index (χ3v) is 13.2. The Balaban J connectivity index is 0.868. The summed E-state index contributed by atoms with van der Waals surface area (Å²) >= 11 is 0. The molecule has 4 heterocycles. The summed E-state index contributed by atoms with van der Waals surface area (Å²) in [5, 5.41) is 4.50. The van der Waals surface area contributed by atoms with Gasteiger partial charge in [0, 0.05) is 55.8 Å². The monoisotopic (exact) mass is 759 g/mol. The first-order valence-electron chi connectivity index (χ1n) is 20.6. The van der Waals surface area contributed by atoms with E-state index in [4.69, 9.17) is 28.9 Å². The van der Waals surface area contributed by atoms with Crippen LogP contribution < -0.4 is 14.8 Å². The quantitative estimate of drug-likeness (QED) is 0.115. The molecule has 1 aliphatic heterocycles. The zero-order valence-corrected chi connectivity index (χ0v) is 33.6. The maximum Gasteiger partial charge on any atom is 0.272 e. The molecule has 4 aliphatic rings. The van der Waals surface area contributed by atoms with Gasteiger partial charge in [0.2, 0.25) is 0 Å². The molecule has 3 aliphatic carbocycles. The fourth-order valence-electron chi connectivity index (χ4n) is 9.62. The number of fused-ring (bicyclic) bond motifs is 3. The molecule has 0 spiro atoms. The second-order valence-electron chi connectivity index (χ2n) is 17.8. The summed E-state index contributed by atoms with van der Waals surface area (Å²) in [6.45, 7) is 13.7. The third kappa shape index (κ3) is 7.19. The molecule has 296 valence electrons. The predicted molar refractivity (Wildman–Crippen MR) is 219 cm³/mol. The van der Waals surface area contributed by atoms with Crippen LogP contribution in [-0.4, -0.2) is 75.0 Å². The van der Waals surface area contributed by atoms with E-state index in [9.17, 15) is 0 Å². The highest BCUT2D eigenvalue weighted by molar-refractivity contribution is 5.87. The van der Waals surface area contributed by atoms with E-state index in [0.717, 1.165) is 82.0 Å². The Kier molecular flexibility index (Phi) is 9.84. The van der Waals surface area contributed by atoms with Crippen molar-refractivity contribution in [2.45, 2.75) is 108 Å². The minimum absolute atomic E-state index is 0.0291. The standard InChI is InChI=1S/C45H57N7O4/c1-27-55-41-31(20-38(42(41)56-27)52-17-16-35-43(47-26-48-44(35)52)46-23-30-11-13-34(53-5)22-39(30)54-6)25-51(24-28-8-7-9-28)33-18-29(19-33)10-15-40-49-36-14-12-32(45(2,3)4)21-37(36)50-40/h11-14,16-17,21-22,26,28-29,31,33,38,41-42H,1,7-10,15,18-20,23-25H2,2-6H3,(H,49,50)(H,46,47,48)/t29?,31-,33?,38-,41-,42+/m1/s1. The molecule has 0 amide bonds. The van der Waals surface area contributed by atoms with Crippen molar-refractivity contribution in [1.82, 2.24) is 29.4 Å². The number of aromatic nitrogens is 5. The fourth-order valence-corrected chi connectivity index (χ4v) is 9.62. The van der Waals surface area contributed by atoms with E-state index in [-0.39, 0.29) is 23.7 Å². The number of anilines is 1. The van der Waals surface area contributed by atoms with Crippen molar-refractivity contribution in [1.29, 1.82) is 0 Å². The highest BCUT2D eigenvalue weighted by Crippen LogP contribution is 2.47. The highest BCUT2D eigenvalue weighted by Gasteiger charge is 2.53. The molecule has 3 aromatic heterocycles. The smallest absolute Gasteiger partial charge is 0.272 e. The summed E-state index contributed by atoms with van der Waals surface area (Å²) < 4.78 is 26.1. The number of ether oxygens (including phenoxy) is 4. The van der Waals surface area contributed by atoms with Crippen molar-refractivity contribution >= 4 is 27.9 Å². The Hall–Kier alpha value is -4.77. The van der Waals surface area contributed by atoms with Gasteiger partial charge in [-0.15, -0.1) is 0 Å². The SMILES string of the molecule is C=C1O[C@@H]2[C@@H](CN(CC3CCC3)C3CC(CCc4nc5ccc(C(C)(C)C)cc5[nH]4)C3)C[C@@H](n3ccc4c(NCc5ccc(OC)cc5OC)ncnc43)[C@@H]2O1. The number of hydrogen-bond donors (Lipinski definition) is 2. The summed E-state index contributed by atoms with van der Waals surface area (Å²) in [7, 11) is 3.33. The van der Waals surface area contributed by atoms with Gasteiger partial charge in [-0.3, -0.25) is 4.90 Å². The summed E-state index contributed by atoms with van der Waals surface area (Å²) in [5.74, 6) is 5.73. The molecule has 2 N–H and O–H groups in total. The van der Waals surface area contributed by atoms with E-state index in [2.05, 4.69) is 82.6 Å². The van der Waals surface area contributed by atoms with E-state index in [1.807, 2.05) is 18.2 Å². The molecule has 56 heavy (non-hydrogen) atoms. The van der Waals surface area contributed by atoms with E-state index >= 15 is 0 Å². The topological polar surface area (TPSA) is 112 Å². The predicted octanol–water partition coefficient (Wildman–Crippen LogP) is 8.56. The van der Waals surface area contributed by atoms with Crippen LogP contribution in [0.1, 0.15) is 88.7 Å². The normalized spacial score (nSPS) is 24.9. The van der Waals surface area contributed by atoms with Gasteiger partial charge in [0.15, 0.2) is 6.10 Å². The molecule has 11 heteroatoms. The average Bonchev–Trinajstić information content (AvgIpc) is 3.93. The number of nitrogens with one attached hydrogen (secondary N) is 2. The van der Waals surface area contributed by atoms with E-state index in [1.54, 1.807) is 20.5 Å². The number of aromatic amines is 1. The second-order valence-corrected chi connectivity index (χ2v) is 17.8. The first-order chi connectivity index (χ1) is 27.1. The molecule has 3 saturated carbocycles. The zero-order chi connectivity index (χ0) is 38.6. The van der Waals surface area contributed by atoms with Crippen molar-refractivity contribution in [3.05, 3.63) is 84.5 Å². The molecular formula is C45H57N7O4. The van der Waals surface area contributed by atoms with E-state index in [0.29, 0.717) is 24.4 Å². The summed E-state index contributed by atoms with van der Waals surface area (Å²) in [4.78, 5) is 20.8. The van der Waals surface area contributed by atoms with Gasteiger partial charge in [-0.05, 0) is 98.2 Å². The van der Waals surface area contributed by atoms with Gasteiger partial charge in [-0.25, -0.2) is 15.0 Å². The number of benzene rings is 2. The van der Waals surface area contributed by atoms with Crippen LogP contribution in [0.2, 0.25) is 0 Å². The Morgan fingerprint density at radius 2 is 1.80 bits per heavy atom. The molecule has 4 fully saturated rings.